The fourth-order valence-electron chi connectivity index (χ4n) is 2.08. The van der Waals surface area contributed by atoms with Crippen LogP contribution in [-0.2, 0) is 11.2 Å². The monoisotopic (exact) mass is 336 g/mol. The third-order valence-electron chi connectivity index (χ3n) is 3.36. The number of carbonyl (C=O) groups excluding carboxylic acids is 1. The van der Waals surface area contributed by atoms with E-state index >= 15 is 0 Å². The largest absolute Gasteiger partial charge is 0.302 e. The zero-order chi connectivity index (χ0) is 15.9. The van der Waals surface area contributed by atoms with Crippen LogP contribution in [0.3, 0.4) is 0 Å². The lowest BCUT2D eigenvalue weighted by molar-refractivity contribution is -0.116. The molecule has 0 unspecified atom stereocenters. The van der Waals surface area contributed by atoms with E-state index in [9.17, 15) is 4.79 Å². The van der Waals surface area contributed by atoms with Gasteiger partial charge in [0.25, 0.3) is 0 Å². The molecule has 0 aliphatic carbocycles. The second kappa shape index (κ2) is 8.30. The third-order valence-corrected chi connectivity index (χ3v) is 4.54. The molecule has 0 aliphatic rings. The van der Waals surface area contributed by atoms with Crippen LogP contribution < -0.4 is 5.32 Å². The molecule has 0 fully saturated rings. The minimum atomic E-state index is -0.0252. The number of thiazole rings is 1. The average molecular weight is 337 g/mol. The molecule has 5 heteroatoms. The molecular formula is C17H21ClN2OS. The molecule has 1 heterocycles. The van der Waals surface area contributed by atoms with Crippen LogP contribution in [0.5, 0.6) is 0 Å². The van der Waals surface area contributed by atoms with Gasteiger partial charge in [-0.15, -0.1) is 22.9 Å². The van der Waals surface area contributed by atoms with Crippen LogP contribution in [0.15, 0.2) is 30.5 Å². The molecule has 0 saturated heterocycles. The Hall–Kier alpha value is -1.39. The summed E-state index contributed by atoms with van der Waals surface area (Å²) < 4.78 is 0. The van der Waals surface area contributed by atoms with Crippen molar-refractivity contribution in [2.75, 3.05) is 11.2 Å². The van der Waals surface area contributed by atoms with E-state index in [1.807, 2.05) is 6.20 Å². The Kier molecular flexibility index (Phi) is 6.40. The van der Waals surface area contributed by atoms with Gasteiger partial charge in [-0.3, -0.25) is 4.79 Å². The van der Waals surface area contributed by atoms with Gasteiger partial charge in [-0.1, -0.05) is 38.1 Å². The Balaban J connectivity index is 1.92. The lowest BCUT2D eigenvalue weighted by atomic mass is 10.0. The molecule has 2 aromatic rings. The predicted octanol–water partition coefficient (Wildman–Crippen LogP) is 4.81. The summed E-state index contributed by atoms with van der Waals surface area (Å²) in [6.07, 6.45) is 3.80. The molecule has 0 atom stereocenters. The van der Waals surface area contributed by atoms with E-state index in [0.29, 0.717) is 29.8 Å². The highest BCUT2D eigenvalue weighted by molar-refractivity contribution is 7.15. The maximum atomic E-state index is 11.6. The normalized spacial score (nSPS) is 10.9. The van der Waals surface area contributed by atoms with Crippen LogP contribution in [0.25, 0.3) is 0 Å². The van der Waals surface area contributed by atoms with Gasteiger partial charge in [0, 0.05) is 29.8 Å². The summed E-state index contributed by atoms with van der Waals surface area (Å²) in [4.78, 5) is 17.0. The summed E-state index contributed by atoms with van der Waals surface area (Å²) in [5, 5.41) is 3.48. The van der Waals surface area contributed by atoms with Crippen molar-refractivity contribution in [3.8, 4) is 0 Å². The highest BCUT2D eigenvalue weighted by Crippen LogP contribution is 2.22. The summed E-state index contributed by atoms with van der Waals surface area (Å²) >= 11 is 7.10. The van der Waals surface area contributed by atoms with Gasteiger partial charge in [-0.25, -0.2) is 4.98 Å². The molecule has 2 rings (SSSR count). The fourth-order valence-corrected chi connectivity index (χ4v) is 3.07. The highest BCUT2D eigenvalue weighted by Gasteiger charge is 2.07. The summed E-state index contributed by atoms with van der Waals surface area (Å²) in [6, 6.07) is 8.67. The van der Waals surface area contributed by atoms with Crippen LogP contribution >= 0.6 is 22.9 Å². The zero-order valence-corrected chi connectivity index (χ0v) is 14.5. The lowest BCUT2D eigenvalue weighted by Crippen LogP contribution is -2.10. The van der Waals surface area contributed by atoms with E-state index < -0.39 is 0 Å². The first-order valence-electron chi connectivity index (χ1n) is 7.48. The van der Waals surface area contributed by atoms with Crippen molar-refractivity contribution >= 4 is 34.0 Å². The number of nitrogens with one attached hydrogen (secondary N) is 1. The summed E-state index contributed by atoms with van der Waals surface area (Å²) in [5.41, 5.74) is 2.60. The van der Waals surface area contributed by atoms with E-state index in [2.05, 4.69) is 48.4 Å². The van der Waals surface area contributed by atoms with Gasteiger partial charge < -0.3 is 5.32 Å². The van der Waals surface area contributed by atoms with Crippen molar-refractivity contribution in [1.29, 1.82) is 0 Å². The number of nitrogens with zero attached hydrogens (tertiary/aromatic N) is 1. The van der Waals surface area contributed by atoms with Crippen LogP contribution in [0.1, 0.15) is 48.6 Å². The number of hydrogen-bond acceptors (Lipinski definition) is 3. The van der Waals surface area contributed by atoms with Crippen LogP contribution in [0.2, 0.25) is 0 Å². The van der Waals surface area contributed by atoms with E-state index in [-0.39, 0.29) is 5.91 Å². The van der Waals surface area contributed by atoms with E-state index in [0.717, 1.165) is 11.3 Å². The quantitative estimate of drug-likeness (QED) is 0.737. The Morgan fingerprint density at radius 1 is 1.32 bits per heavy atom. The lowest BCUT2D eigenvalue weighted by Gasteiger charge is -2.06. The molecule has 118 valence electrons. The maximum absolute atomic E-state index is 11.6. The smallest absolute Gasteiger partial charge is 0.226 e. The van der Waals surface area contributed by atoms with Crippen molar-refractivity contribution in [2.24, 2.45) is 0 Å². The van der Waals surface area contributed by atoms with Gasteiger partial charge in [0.1, 0.15) is 0 Å². The van der Waals surface area contributed by atoms with Gasteiger partial charge in [0.15, 0.2) is 5.13 Å². The Morgan fingerprint density at radius 2 is 2.05 bits per heavy atom. The Labute approximate surface area is 140 Å². The minimum Gasteiger partial charge on any atom is -0.302 e. The van der Waals surface area contributed by atoms with Crippen molar-refractivity contribution in [1.82, 2.24) is 4.98 Å². The second-order valence-electron chi connectivity index (χ2n) is 5.55. The molecule has 1 aromatic carbocycles. The third kappa shape index (κ3) is 5.11. The first-order valence-corrected chi connectivity index (χ1v) is 8.83. The summed E-state index contributed by atoms with van der Waals surface area (Å²) in [6.45, 7) is 4.38. The number of rotatable bonds is 7. The van der Waals surface area contributed by atoms with Gasteiger partial charge in [0.05, 0.1) is 0 Å². The second-order valence-corrected chi connectivity index (χ2v) is 7.04. The predicted molar refractivity (Wildman–Crippen MR) is 94.0 cm³/mol. The molecule has 0 radical (unpaired) electrons. The first kappa shape index (κ1) is 17.0. The molecule has 1 amide bonds. The number of benzene rings is 1. The van der Waals surface area contributed by atoms with Crippen LogP contribution in [0.4, 0.5) is 5.13 Å². The van der Waals surface area contributed by atoms with Gasteiger partial charge in [0.2, 0.25) is 5.91 Å². The van der Waals surface area contributed by atoms with Gasteiger partial charge in [-0.05, 0) is 23.5 Å². The molecule has 0 aliphatic heterocycles. The molecule has 1 aromatic heterocycles. The first-order chi connectivity index (χ1) is 10.6. The zero-order valence-electron chi connectivity index (χ0n) is 12.9. The molecule has 0 bridgehead atoms. The number of alkyl halides is 1. The molecule has 0 saturated carbocycles. The van der Waals surface area contributed by atoms with Crippen molar-refractivity contribution < 1.29 is 4.79 Å². The van der Waals surface area contributed by atoms with Gasteiger partial charge >= 0.3 is 0 Å². The molecule has 1 N–H and O–H groups in total. The molecule has 3 nitrogen and oxygen atoms in total. The summed E-state index contributed by atoms with van der Waals surface area (Å²) in [7, 11) is 0. The topological polar surface area (TPSA) is 42.0 Å². The van der Waals surface area contributed by atoms with Crippen molar-refractivity contribution in [3.63, 3.8) is 0 Å². The SMILES string of the molecule is CC(C)c1ccc(Cc2cnc(NC(=O)CCCCl)s2)cc1. The van der Waals surface area contributed by atoms with Crippen LogP contribution in [0, 0.1) is 0 Å². The molecular weight excluding hydrogens is 316 g/mol. The molecule has 22 heavy (non-hydrogen) atoms. The standard InChI is InChI=1S/C17H21ClN2OS/c1-12(2)14-7-5-13(6-8-14)10-15-11-19-17(22-15)20-16(21)4-3-9-18/h5-8,11-12H,3-4,9-10H2,1-2H3,(H,19,20,21). The Morgan fingerprint density at radius 3 is 2.68 bits per heavy atom. The van der Waals surface area contributed by atoms with Crippen LogP contribution in [-0.4, -0.2) is 16.8 Å². The number of halogens is 1. The van der Waals surface area contributed by atoms with E-state index in [1.54, 1.807) is 0 Å². The van der Waals surface area contributed by atoms with Crippen molar-refractivity contribution in [2.45, 2.75) is 39.0 Å². The number of carbonyl (C=O) groups is 1. The Bertz CT molecular complexity index is 607. The fraction of sp³-hybridized carbons (Fsp3) is 0.412. The highest BCUT2D eigenvalue weighted by atomic mass is 35.5. The average Bonchev–Trinajstić information content (AvgIpc) is 2.92. The number of aromatic nitrogens is 1. The van der Waals surface area contributed by atoms with Gasteiger partial charge in [-0.2, -0.15) is 0 Å². The van der Waals surface area contributed by atoms with E-state index in [1.165, 1.54) is 22.5 Å². The summed E-state index contributed by atoms with van der Waals surface area (Å²) in [5.74, 6) is 1.03. The van der Waals surface area contributed by atoms with E-state index in [4.69, 9.17) is 11.6 Å². The number of amides is 1. The van der Waals surface area contributed by atoms with Crippen molar-refractivity contribution in [3.05, 3.63) is 46.5 Å². The minimum absolute atomic E-state index is 0.0252. The maximum Gasteiger partial charge on any atom is 0.226 e. The number of anilines is 1. The molecule has 0 spiro atoms. The number of hydrogen-bond donors (Lipinski definition) is 1.